The van der Waals surface area contributed by atoms with Gasteiger partial charge in [0, 0.05) is 5.92 Å². The third-order valence-electron chi connectivity index (χ3n) is 4.66. The topological polar surface area (TPSA) is 29.5 Å². The Labute approximate surface area is 78.6 Å². The fraction of sp³-hybridized carbons (Fsp3) is 0.818. The highest BCUT2D eigenvalue weighted by Crippen LogP contribution is 2.74. The Morgan fingerprint density at radius 2 is 2.23 bits per heavy atom. The third kappa shape index (κ3) is 0.571. The molecule has 0 aromatic heterocycles. The average molecular weight is 180 g/mol. The lowest BCUT2D eigenvalue weighted by atomic mass is 9.73. The molecule has 4 aliphatic rings. The molecule has 0 radical (unpaired) electrons. The summed E-state index contributed by atoms with van der Waals surface area (Å²) < 4.78 is 5.99. The van der Waals surface area contributed by atoms with Crippen LogP contribution in [0.15, 0.2) is 12.7 Å². The molecule has 0 aromatic rings. The summed E-state index contributed by atoms with van der Waals surface area (Å²) in [6, 6.07) is 0. The highest BCUT2D eigenvalue weighted by atomic mass is 16.6. The summed E-state index contributed by atoms with van der Waals surface area (Å²) in [6.45, 7) is 7.90. The van der Waals surface area contributed by atoms with Crippen molar-refractivity contribution in [3.05, 3.63) is 12.7 Å². The summed E-state index contributed by atoms with van der Waals surface area (Å²) in [4.78, 5) is 0. The van der Waals surface area contributed by atoms with Gasteiger partial charge in [-0.15, -0.1) is 6.58 Å². The monoisotopic (exact) mass is 180 g/mol. The molecule has 2 saturated carbocycles. The van der Waals surface area contributed by atoms with Crippen molar-refractivity contribution in [2.24, 2.45) is 11.8 Å². The van der Waals surface area contributed by atoms with Crippen LogP contribution in [-0.4, -0.2) is 21.9 Å². The van der Waals surface area contributed by atoms with Gasteiger partial charge in [-0.25, -0.2) is 0 Å². The lowest BCUT2D eigenvalue weighted by molar-refractivity contribution is -0.172. The van der Waals surface area contributed by atoms with E-state index in [1.54, 1.807) is 6.08 Å². The van der Waals surface area contributed by atoms with E-state index in [0.717, 1.165) is 6.42 Å². The molecule has 2 heterocycles. The zero-order chi connectivity index (χ0) is 9.48. The molecule has 2 nitrogen and oxygen atoms in total. The smallest absolute Gasteiger partial charge is 0.117 e. The molecule has 4 bridgehead atoms. The number of hydrogen-bond donors (Lipinski definition) is 1. The first-order valence-corrected chi connectivity index (χ1v) is 5.04. The first kappa shape index (κ1) is 8.01. The molecule has 0 amide bonds. The van der Waals surface area contributed by atoms with Crippen molar-refractivity contribution in [3.8, 4) is 0 Å². The van der Waals surface area contributed by atoms with Gasteiger partial charge in [0.15, 0.2) is 0 Å². The van der Waals surface area contributed by atoms with Gasteiger partial charge in [-0.2, -0.15) is 0 Å². The molecular weight excluding hydrogens is 164 g/mol. The van der Waals surface area contributed by atoms with Crippen LogP contribution in [-0.2, 0) is 4.74 Å². The van der Waals surface area contributed by atoms with Crippen molar-refractivity contribution in [2.75, 3.05) is 0 Å². The van der Waals surface area contributed by atoms with Crippen LogP contribution in [0.2, 0.25) is 0 Å². The van der Waals surface area contributed by atoms with E-state index in [4.69, 9.17) is 4.74 Å². The second kappa shape index (κ2) is 1.73. The molecule has 4 fully saturated rings. The SMILES string of the molecule is C=C[C@]1(O)C2[C@H]3CC[C@]1(C)OC23C. The van der Waals surface area contributed by atoms with Crippen LogP contribution in [0.3, 0.4) is 0 Å². The van der Waals surface area contributed by atoms with Gasteiger partial charge in [0.25, 0.3) is 0 Å². The van der Waals surface area contributed by atoms with Crippen molar-refractivity contribution in [3.63, 3.8) is 0 Å². The van der Waals surface area contributed by atoms with E-state index in [2.05, 4.69) is 13.5 Å². The Kier molecular flexibility index (Phi) is 1.07. The predicted molar refractivity (Wildman–Crippen MR) is 49.3 cm³/mol. The molecule has 5 atom stereocenters. The Bertz CT molecular complexity index is 300. The van der Waals surface area contributed by atoms with Gasteiger partial charge in [-0.3, -0.25) is 0 Å². The number of ether oxygens (including phenoxy) is 1. The second-order valence-electron chi connectivity index (χ2n) is 5.17. The fourth-order valence-electron chi connectivity index (χ4n) is 3.83. The second-order valence-corrected chi connectivity index (χ2v) is 5.17. The van der Waals surface area contributed by atoms with E-state index in [1.165, 1.54) is 6.42 Å². The van der Waals surface area contributed by atoms with Crippen LogP contribution in [0.1, 0.15) is 26.7 Å². The molecule has 4 rings (SSSR count). The first-order chi connectivity index (χ1) is 5.98. The summed E-state index contributed by atoms with van der Waals surface area (Å²) in [5.41, 5.74) is -1.19. The largest absolute Gasteiger partial charge is 0.382 e. The molecule has 1 N–H and O–H groups in total. The van der Waals surface area contributed by atoms with Crippen molar-refractivity contribution >= 4 is 0 Å². The van der Waals surface area contributed by atoms with Crippen molar-refractivity contribution in [1.29, 1.82) is 0 Å². The van der Waals surface area contributed by atoms with E-state index in [-0.39, 0.29) is 11.2 Å². The minimum Gasteiger partial charge on any atom is -0.382 e. The van der Waals surface area contributed by atoms with Crippen LogP contribution in [0.4, 0.5) is 0 Å². The van der Waals surface area contributed by atoms with Crippen LogP contribution >= 0.6 is 0 Å². The molecule has 2 aliphatic heterocycles. The van der Waals surface area contributed by atoms with Gasteiger partial charge in [-0.05, 0) is 32.6 Å². The highest BCUT2D eigenvalue weighted by Gasteiger charge is 2.83. The van der Waals surface area contributed by atoms with E-state index in [0.29, 0.717) is 11.8 Å². The summed E-state index contributed by atoms with van der Waals surface area (Å²) >= 11 is 0. The first-order valence-electron chi connectivity index (χ1n) is 5.04. The lowest BCUT2D eigenvalue weighted by Crippen LogP contribution is -2.54. The van der Waals surface area contributed by atoms with Crippen molar-refractivity contribution in [2.45, 2.75) is 43.5 Å². The Balaban J connectivity index is 2.13. The molecule has 13 heavy (non-hydrogen) atoms. The quantitative estimate of drug-likeness (QED) is 0.619. The summed E-state index contributed by atoms with van der Waals surface area (Å²) in [7, 11) is 0. The van der Waals surface area contributed by atoms with Gasteiger partial charge < -0.3 is 9.84 Å². The van der Waals surface area contributed by atoms with Crippen molar-refractivity contribution in [1.82, 2.24) is 0 Å². The van der Waals surface area contributed by atoms with Crippen LogP contribution in [0, 0.1) is 11.8 Å². The van der Waals surface area contributed by atoms with Gasteiger partial charge in [0.1, 0.15) is 5.60 Å². The van der Waals surface area contributed by atoms with E-state index < -0.39 is 5.60 Å². The van der Waals surface area contributed by atoms with E-state index in [9.17, 15) is 5.11 Å². The predicted octanol–water partition coefficient (Wildman–Crippen LogP) is 1.49. The average Bonchev–Trinajstić information content (AvgIpc) is 2.63. The summed E-state index contributed by atoms with van der Waals surface area (Å²) in [6.07, 6.45) is 3.86. The normalized spacial score (nSPS) is 67.9. The van der Waals surface area contributed by atoms with Gasteiger partial charge in [-0.1, -0.05) is 6.08 Å². The molecule has 2 unspecified atom stereocenters. The molecule has 72 valence electrons. The number of hydrogen-bond acceptors (Lipinski definition) is 2. The van der Waals surface area contributed by atoms with Crippen LogP contribution in [0.25, 0.3) is 0 Å². The van der Waals surface area contributed by atoms with Crippen LogP contribution in [0.5, 0.6) is 0 Å². The summed E-state index contributed by atoms with van der Waals surface area (Å²) in [5, 5.41) is 10.5. The number of fused-ring (bicyclic) bond motifs is 1. The maximum atomic E-state index is 10.5. The molecule has 0 spiro atoms. The molecule has 2 heteroatoms. The Morgan fingerprint density at radius 1 is 1.54 bits per heavy atom. The van der Waals surface area contributed by atoms with E-state index in [1.807, 2.05) is 6.92 Å². The van der Waals surface area contributed by atoms with Gasteiger partial charge in [0.05, 0.1) is 11.2 Å². The molecule has 2 aliphatic carbocycles. The van der Waals surface area contributed by atoms with Crippen LogP contribution < -0.4 is 0 Å². The van der Waals surface area contributed by atoms with Gasteiger partial charge in [0.2, 0.25) is 0 Å². The number of rotatable bonds is 1. The Morgan fingerprint density at radius 3 is 2.62 bits per heavy atom. The molecule has 0 aromatic carbocycles. The zero-order valence-electron chi connectivity index (χ0n) is 8.21. The van der Waals surface area contributed by atoms with Crippen molar-refractivity contribution < 1.29 is 9.84 Å². The fourth-order valence-corrected chi connectivity index (χ4v) is 3.83. The third-order valence-corrected chi connectivity index (χ3v) is 4.66. The maximum Gasteiger partial charge on any atom is 0.117 e. The standard InChI is InChI=1S/C11H16O2/c1-4-11(12)8-7-5-6-9(11,2)13-10(7,8)3/h4,7-8,12H,1,5-6H2,2-3H3/t7-,8?,9+,10?,11+/m1/s1. The van der Waals surface area contributed by atoms with Gasteiger partial charge >= 0.3 is 0 Å². The molecular formula is C11H16O2. The lowest BCUT2D eigenvalue weighted by Gasteiger charge is -2.44. The number of aliphatic hydroxyl groups is 1. The van der Waals surface area contributed by atoms with E-state index >= 15 is 0 Å². The Hall–Kier alpha value is -0.340. The minimum absolute atomic E-state index is 0.0457. The minimum atomic E-state index is -0.773. The molecule has 2 saturated heterocycles. The zero-order valence-corrected chi connectivity index (χ0v) is 8.21. The highest BCUT2D eigenvalue weighted by molar-refractivity contribution is 5.36. The summed E-state index contributed by atoms with van der Waals surface area (Å²) in [5.74, 6) is 0.869. The maximum absolute atomic E-state index is 10.5.